The van der Waals surface area contributed by atoms with Crippen LogP contribution in [0, 0.1) is 0 Å². The van der Waals surface area contributed by atoms with Gasteiger partial charge in [0.2, 0.25) is 0 Å². The molecular weight excluding hydrogens is 422 g/mol. The molecule has 1 aliphatic heterocycles. The lowest BCUT2D eigenvalue weighted by atomic mass is 10.1. The quantitative estimate of drug-likeness (QED) is 0.427. The molecule has 0 amide bonds. The van der Waals surface area contributed by atoms with Crippen molar-refractivity contribution in [3.05, 3.63) is 65.2 Å². The first-order chi connectivity index (χ1) is 15.6. The second-order valence-electron chi connectivity index (χ2n) is 8.27. The molecule has 0 saturated carbocycles. The SMILES string of the molecule is COC(=O)c1cc2ccc(N3CCN(CCC(O)c4csc5ccccc45)CC3)cc2[nH]1. The lowest BCUT2D eigenvalue weighted by Crippen LogP contribution is -2.46. The Bertz CT molecular complexity index is 1240. The predicted molar refractivity (Wildman–Crippen MR) is 130 cm³/mol. The molecule has 0 aliphatic carbocycles. The van der Waals surface area contributed by atoms with Crippen molar-refractivity contribution < 1.29 is 14.6 Å². The van der Waals surface area contributed by atoms with E-state index in [0.717, 1.165) is 61.3 Å². The summed E-state index contributed by atoms with van der Waals surface area (Å²) in [5, 5.41) is 15.0. The summed E-state index contributed by atoms with van der Waals surface area (Å²) in [4.78, 5) is 19.7. The van der Waals surface area contributed by atoms with Gasteiger partial charge in [-0.15, -0.1) is 11.3 Å². The van der Waals surface area contributed by atoms with Crippen LogP contribution in [-0.4, -0.2) is 60.8 Å². The standard InChI is InChI=1S/C25H27N3O3S/c1-31-25(30)22-14-17-6-7-18(15-21(17)26-22)28-12-10-27(11-13-28)9-8-23(29)20-16-32-24-5-3-2-4-19(20)24/h2-7,14-16,23,26,29H,8-13H2,1H3. The van der Waals surface area contributed by atoms with Crippen LogP contribution in [0.1, 0.15) is 28.6 Å². The van der Waals surface area contributed by atoms with Crippen LogP contribution in [0.2, 0.25) is 0 Å². The highest BCUT2D eigenvalue weighted by Crippen LogP contribution is 2.32. The van der Waals surface area contributed by atoms with Crippen LogP contribution in [0.3, 0.4) is 0 Å². The highest BCUT2D eigenvalue weighted by Gasteiger charge is 2.20. The smallest absolute Gasteiger partial charge is 0.354 e. The average molecular weight is 450 g/mol. The summed E-state index contributed by atoms with van der Waals surface area (Å²) in [6, 6.07) is 16.4. The number of fused-ring (bicyclic) bond motifs is 2. The number of nitrogens with zero attached hydrogens (tertiary/aromatic N) is 2. The zero-order valence-electron chi connectivity index (χ0n) is 18.1. The topological polar surface area (TPSA) is 68.8 Å². The first kappa shape index (κ1) is 21.0. The Morgan fingerprint density at radius 3 is 2.78 bits per heavy atom. The van der Waals surface area contributed by atoms with Gasteiger partial charge in [0.15, 0.2) is 0 Å². The molecule has 1 aliphatic rings. The van der Waals surface area contributed by atoms with E-state index in [0.29, 0.717) is 5.69 Å². The molecule has 1 unspecified atom stereocenters. The number of aliphatic hydroxyl groups is 1. The van der Waals surface area contributed by atoms with Gasteiger partial charge in [0.25, 0.3) is 0 Å². The highest BCUT2D eigenvalue weighted by molar-refractivity contribution is 7.17. The minimum absolute atomic E-state index is 0.353. The Kier molecular flexibility index (Phi) is 5.87. The van der Waals surface area contributed by atoms with E-state index in [-0.39, 0.29) is 5.97 Å². The maximum Gasteiger partial charge on any atom is 0.354 e. The van der Waals surface area contributed by atoms with E-state index < -0.39 is 6.10 Å². The number of aliphatic hydroxyl groups excluding tert-OH is 1. The van der Waals surface area contributed by atoms with Gasteiger partial charge in [0.05, 0.1) is 13.2 Å². The van der Waals surface area contributed by atoms with Crippen LogP contribution in [0.25, 0.3) is 21.0 Å². The fourth-order valence-corrected chi connectivity index (χ4v) is 5.49. The third-order valence-corrected chi connectivity index (χ3v) is 7.32. The fraction of sp³-hybridized carbons (Fsp3) is 0.320. The van der Waals surface area contributed by atoms with Crippen molar-refractivity contribution in [1.82, 2.24) is 9.88 Å². The van der Waals surface area contributed by atoms with E-state index in [9.17, 15) is 9.90 Å². The number of piperazine rings is 1. The number of nitrogens with one attached hydrogen (secondary N) is 1. The normalized spacial score (nSPS) is 16.0. The van der Waals surface area contributed by atoms with E-state index in [2.05, 4.69) is 44.4 Å². The van der Waals surface area contributed by atoms with Crippen LogP contribution in [0.4, 0.5) is 5.69 Å². The molecule has 32 heavy (non-hydrogen) atoms. The molecule has 0 spiro atoms. The van der Waals surface area contributed by atoms with Crippen molar-refractivity contribution >= 4 is 44.0 Å². The van der Waals surface area contributed by atoms with Gasteiger partial charge in [0.1, 0.15) is 5.69 Å². The summed E-state index contributed by atoms with van der Waals surface area (Å²) < 4.78 is 6.03. The van der Waals surface area contributed by atoms with Crippen molar-refractivity contribution in [1.29, 1.82) is 0 Å². The van der Waals surface area contributed by atoms with Gasteiger partial charge in [-0.25, -0.2) is 4.79 Å². The van der Waals surface area contributed by atoms with Crippen LogP contribution in [-0.2, 0) is 4.74 Å². The van der Waals surface area contributed by atoms with Gasteiger partial charge in [-0.2, -0.15) is 0 Å². The molecule has 166 valence electrons. The van der Waals surface area contributed by atoms with Gasteiger partial charge in [-0.3, -0.25) is 4.90 Å². The van der Waals surface area contributed by atoms with Gasteiger partial charge in [0, 0.05) is 54.0 Å². The molecule has 7 heteroatoms. The monoisotopic (exact) mass is 449 g/mol. The largest absolute Gasteiger partial charge is 0.464 e. The van der Waals surface area contributed by atoms with Crippen molar-refractivity contribution in [3.8, 4) is 0 Å². The van der Waals surface area contributed by atoms with E-state index in [4.69, 9.17) is 4.74 Å². The number of carbonyl (C=O) groups excluding carboxylic acids is 1. The average Bonchev–Trinajstić information content (AvgIpc) is 3.46. The predicted octanol–water partition coefficient (Wildman–Crippen LogP) is 4.41. The zero-order valence-corrected chi connectivity index (χ0v) is 18.9. The van der Waals surface area contributed by atoms with Crippen LogP contribution in [0.5, 0.6) is 0 Å². The second-order valence-corrected chi connectivity index (χ2v) is 9.18. The number of hydrogen-bond donors (Lipinski definition) is 2. The summed E-state index contributed by atoms with van der Waals surface area (Å²) in [6.45, 7) is 4.69. The van der Waals surface area contributed by atoms with E-state index in [1.54, 1.807) is 11.3 Å². The summed E-state index contributed by atoms with van der Waals surface area (Å²) in [5.74, 6) is -0.353. The highest BCUT2D eigenvalue weighted by atomic mass is 32.1. The van der Waals surface area contributed by atoms with Crippen molar-refractivity contribution in [2.75, 3.05) is 44.7 Å². The Morgan fingerprint density at radius 1 is 1.16 bits per heavy atom. The van der Waals surface area contributed by atoms with Gasteiger partial charge in [-0.05, 0) is 47.0 Å². The number of H-pyrrole nitrogens is 1. The molecule has 3 heterocycles. The summed E-state index contributed by atoms with van der Waals surface area (Å²) in [7, 11) is 1.39. The summed E-state index contributed by atoms with van der Waals surface area (Å²) in [6.07, 6.45) is 0.314. The number of aromatic amines is 1. The maximum absolute atomic E-state index is 11.8. The zero-order chi connectivity index (χ0) is 22.1. The molecule has 5 rings (SSSR count). The number of thiophene rings is 1. The molecule has 2 N–H and O–H groups in total. The first-order valence-electron chi connectivity index (χ1n) is 10.9. The molecule has 1 saturated heterocycles. The summed E-state index contributed by atoms with van der Waals surface area (Å²) >= 11 is 1.70. The minimum Gasteiger partial charge on any atom is -0.464 e. The number of esters is 1. The van der Waals surface area contributed by atoms with Gasteiger partial charge in [-0.1, -0.05) is 24.3 Å². The Hall–Kier alpha value is -2.87. The Labute approximate surface area is 191 Å². The molecule has 2 aromatic carbocycles. The third-order valence-electron chi connectivity index (χ3n) is 6.34. The lowest BCUT2D eigenvalue weighted by molar-refractivity contribution is 0.0595. The number of aromatic nitrogens is 1. The van der Waals surface area contributed by atoms with E-state index in [1.807, 2.05) is 24.3 Å². The summed E-state index contributed by atoms with van der Waals surface area (Å²) in [5.41, 5.74) is 3.62. The molecule has 1 atom stereocenters. The van der Waals surface area contributed by atoms with E-state index >= 15 is 0 Å². The van der Waals surface area contributed by atoms with Crippen molar-refractivity contribution in [3.63, 3.8) is 0 Å². The Balaban J connectivity index is 1.17. The molecular formula is C25H27N3O3S. The second kappa shape index (κ2) is 8.94. The maximum atomic E-state index is 11.8. The fourth-order valence-electron chi connectivity index (χ4n) is 4.48. The molecule has 0 radical (unpaired) electrons. The van der Waals surface area contributed by atoms with Gasteiger partial charge >= 0.3 is 5.97 Å². The van der Waals surface area contributed by atoms with Crippen molar-refractivity contribution in [2.45, 2.75) is 12.5 Å². The molecule has 2 aromatic heterocycles. The number of benzene rings is 2. The van der Waals surface area contributed by atoms with Crippen LogP contribution < -0.4 is 4.90 Å². The molecule has 1 fully saturated rings. The number of anilines is 1. The van der Waals surface area contributed by atoms with Crippen LogP contribution in [0.15, 0.2) is 53.9 Å². The first-order valence-corrected chi connectivity index (χ1v) is 11.8. The van der Waals surface area contributed by atoms with Crippen molar-refractivity contribution in [2.24, 2.45) is 0 Å². The minimum atomic E-state index is -0.427. The number of methoxy groups -OCH3 is 1. The number of rotatable bonds is 6. The lowest BCUT2D eigenvalue weighted by Gasteiger charge is -2.36. The number of hydrogen-bond acceptors (Lipinski definition) is 6. The van der Waals surface area contributed by atoms with Crippen LogP contribution >= 0.6 is 11.3 Å². The molecule has 0 bridgehead atoms. The van der Waals surface area contributed by atoms with Gasteiger partial charge < -0.3 is 19.7 Å². The van der Waals surface area contributed by atoms with E-state index in [1.165, 1.54) is 17.2 Å². The number of carbonyl (C=O) groups is 1. The Morgan fingerprint density at radius 2 is 1.97 bits per heavy atom. The third kappa shape index (κ3) is 4.11. The molecule has 4 aromatic rings. The molecule has 6 nitrogen and oxygen atoms in total. The number of ether oxygens (including phenoxy) is 1.